The van der Waals surface area contributed by atoms with Gasteiger partial charge in [0, 0.05) is 30.1 Å². The third-order valence-electron chi connectivity index (χ3n) is 3.61. The molecule has 0 spiro atoms. The quantitative estimate of drug-likeness (QED) is 0.631. The standard InChI is InChI=1S/C20H21N5O/c1-13-5-4-6-18(11-13)25-20-12-19(21-14(2)22-20)24-17-9-7-16(8-10-17)23-15(3)26/h4-12H,1-3H3,(H,23,26)(H2,21,22,24,25). The number of carbonyl (C=O) groups is 1. The molecule has 0 bridgehead atoms. The van der Waals surface area contributed by atoms with Crippen molar-refractivity contribution in [1.29, 1.82) is 0 Å². The van der Waals surface area contributed by atoms with E-state index in [1.54, 1.807) is 0 Å². The molecule has 0 aliphatic rings. The molecule has 3 rings (SSSR count). The van der Waals surface area contributed by atoms with E-state index >= 15 is 0 Å². The van der Waals surface area contributed by atoms with E-state index in [0.29, 0.717) is 11.6 Å². The van der Waals surface area contributed by atoms with Gasteiger partial charge >= 0.3 is 0 Å². The number of aryl methyl sites for hydroxylation is 2. The number of hydrogen-bond donors (Lipinski definition) is 3. The summed E-state index contributed by atoms with van der Waals surface area (Å²) in [6, 6.07) is 17.4. The summed E-state index contributed by atoms with van der Waals surface area (Å²) < 4.78 is 0. The Hall–Kier alpha value is -3.41. The van der Waals surface area contributed by atoms with E-state index in [-0.39, 0.29) is 5.91 Å². The Morgan fingerprint density at radius 1 is 0.808 bits per heavy atom. The van der Waals surface area contributed by atoms with E-state index in [1.165, 1.54) is 12.5 Å². The summed E-state index contributed by atoms with van der Waals surface area (Å²) in [7, 11) is 0. The predicted octanol–water partition coefficient (Wildman–Crippen LogP) is 4.54. The highest BCUT2D eigenvalue weighted by molar-refractivity contribution is 5.88. The molecule has 1 amide bonds. The zero-order valence-corrected chi connectivity index (χ0v) is 15.0. The van der Waals surface area contributed by atoms with Crippen molar-refractivity contribution in [1.82, 2.24) is 9.97 Å². The number of nitrogens with one attached hydrogen (secondary N) is 3. The minimum Gasteiger partial charge on any atom is -0.340 e. The van der Waals surface area contributed by atoms with E-state index < -0.39 is 0 Å². The third-order valence-corrected chi connectivity index (χ3v) is 3.61. The summed E-state index contributed by atoms with van der Waals surface area (Å²) in [6.07, 6.45) is 0. The lowest BCUT2D eigenvalue weighted by Crippen LogP contribution is -2.05. The van der Waals surface area contributed by atoms with Crippen LogP contribution in [0, 0.1) is 13.8 Å². The SMILES string of the molecule is CC(=O)Nc1ccc(Nc2cc(Nc3cccc(C)c3)nc(C)n2)cc1. The Bertz CT molecular complexity index is 922. The van der Waals surface area contributed by atoms with Gasteiger partial charge in [-0.2, -0.15) is 0 Å². The molecular weight excluding hydrogens is 326 g/mol. The van der Waals surface area contributed by atoms with Gasteiger partial charge in [0.1, 0.15) is 17.5 Å². The Morgan fingerprint density at radius 2 is 1.42 bits per heavy atom. The highest BCUT2D eigenvalue weighted by atomic mass is 16.1. The van der Waals surface area contributed by atoms with Crippen molar-refractivity contribution in [2.24, 2.45) is 0 Å². The van der Waals surface area contributed by atoms with Crippen molar-refractivity contribution in [2.45, 2.75) is 20.8 Å². The van der Waals surface area contributed by atoms with Gasteiger partial charge in [-0.25, -0.2) is 9.97 Å². The van der Waals surface area contributed by atoms with Crippen LogP contribution in [0.1, 0.15) is 18.3 Å². The zero-order chi connectivity index (χ0) is 18.5. The average Bonchev–Trinajstić information content (AvgIpc) is 2.56. The molecule has 6 nitrogen and oxygen atoms in total. The molecule has 0 atom stereocenters. The first-order chi connectivity index (χ1) is 12.5. The molecule has 132 valence electrons. The fraction of sp³-hybridized carbons (Fsp3) is 0.150. The summed E-state index contributed by atoms with van der Waals surface area (Å²) in [5, 5.41) is 9.31. The maximum atomic E-state index is 11.1. The van der Waals surface area contributed by atoms with E-state index in [0.717, 1.165) is 22.9 Å². The molecule has 0 aliphatic carbocycles. The Labute approximate surface area is 152 Å². The first-order valence-corrected chi connectivity index (χ1v) is 8.32. The number of hydrogen-bond acceptors (Lipinski definition) is 5. The number of carbonyl (C=O) groups excluding carboxylic acids is 1. The maximum absolute atomic E-state index is 11.1. The lowest BCUT2D eigenvalue weighted by atomic mass is 10.2. The maximum Gasteiger partial charge on any atom is 0.221 e. The monoisotopic (exact) mass is 347 g/mol. The molecule has 2 aromatic carbocycles. The summed E-state index contributed by atoms with van der Waals surface area (Å²) in [6.45, 7) is 5.39. The van der Waals surface area contributed by atoms with Crippen LogP contribution in [0.25, 0.3) is 0 Å². The molecule has 0 fully saturated rings. The van der Waals surface area contributed by atoms with Crippen molar-refractivity contribution in [3.8, 4) is 0 Å². The Kier molecular flexibility index (Phi) is 5.12. The van der Waals surface area contributed by atoms with Gasteiger partial charge in [0.05, 0.1) is 0 Å². The fourth-order valence-corrected chi connectivity index (χ4v) is 2.55. The van der Waals surface area contributed by atoms with Crippen LogP contribution < -0.4 is 16.0 Å². The average molecular weight is 347 g/mol. The molecule has 6 heteroatoms. The summed E-state index contributed by atoms with van der Waals surface area (Å²) in [4.78, 5) is 19.9. The number of nitrogens with zero attached hydrogens (tertiary/aromatic N) is 2. The van der Waals surface area contributed by atoms with Crippen LogP contribution in [0.5, 0.6) is 0 Å². The van der Waals surface area contributed by atoms with Gasteiger partial charge in [-0.3, -0.25) is 4.79 Å². The summed E-state index contributed by atoms with van der Waals surface area (Å²) >= 11 is 0. The van der Waals surface area contributed by atoms with Crippen LogP contribution in [0.3, 0.4) is 0 Å². The highest BCUT2D eigenvalue weighted by Crippen LogP contribution is 2.22. The van der Waals surface area contributed by atoms with Crippen LogP contribution in [-0.4, -0.2) is 15.9 Å². The second-order valence-electron chi connectivity index (χ2n) is 6.06. The minimum atomic E-state index is -0.0935. The molecular formula is C20H21N5O. The largest absolute Gasteiger partial charge is 0.340 e. The molecule has 0 unspecified atom stereocenters. The molecule has 1 heterocycles. The smallest absolute Gasteiger partial charge is 0.221 e. The summed E-state index contributed by atoms with van der Waals surface area (Å²) in [5.41, 5.74) is 3.79. The van der Waals surface area contributed by atoms with Gasteiger partial charge in [0.15, 0.2) is 0 Å². The van der Waals surface area contributed by atoms with Gasteiger partial charge in [-0.1, -0.05) is 12.1 Å². The molecule has 0 saturated heterocycles. The molecule has 3 aromatic rings. The number of rotatable bonds is 5. The second-order valence-corrected chi connectivity index (χ2v) is 6.06. The van der Waals surface area contributed by atoms with Crippen LogP contribution in [0.15, 0.2) is 54.6 Å². The number of anilines is 5. The van der Waals surface area contributed by atoms with Gasteiger partial charge < -0.3 is 16.0 Å². The van der Waals surface area contributed by atoms with Crippen LogP contribution in [0.2, 0.25) is 0 Å². The van der Waals surface area contributed by atoms with E-state index in [4.69, 9.17) is 0 Å². The van der Waals surface area contributed by atoms with Crippen LogP contribution in [0.4, 0.5) is 28.7 Å². The predicted molar refractivity (Wildman–Crippen MR) is 105 cm³/mol. The van der Waals surface area contributed by atoms with Crippen LogP contribution in [-0.2, 0) is 4.79 Å². The van der Waals surface area contributed by atoms with Gasteiger partial charge in [-0.05, 0) is 55.8 Å². The first-order valence-electron chi connectivity index (χ1n) is 8.32. The second kappa shape index (κ2) is 7.65. The van der Waals surface area contributed by atoms with Gasteiger partial charge in [-0.15, -0.1) is 0 Å². The van der Waals surface area contributed by atoms with Crippen molar-refractivity contribution in [3.63, 3.8) is 0 Å². The van der Waals surface area contributed by atoms with Gasteiger partial charge in [0.2, 0.25) is 5.91 Å². The molecule has 3 N–H and O–H groups in total. The van der Waals surface area contributed by atoms with Gasteiger partial charge in [0.25, 0.3) is 0 Å². The Balaban J connectivity index is 1.76. The lowest BCUT2D eigenvalue weighted by Gasteiger charge is -2.11. The normalized spacial score (nSPS) is 10.3. The fourth-order valence-electron chi connectivity index (χ4n) is 2.55. The molecule has 26 heavy (non-hydrogen) atoms. The van der Waals surface area contributed by atoms with Crippen molar-refractivity contribution in [3.05, 3.63) is 66.0 Å². The van der Waals surface area contributed by atoms with E-state index in [2.05, 4.69) is 32.0 Å². The van der Waals surface area contributed by atoms with Crippen LogP contribution >= 0.6 is 0 Å². The molecule has 0 saturated carbocycles. The number of aromatic nitrogens is 2. The topological polar surface area (TPSA) is 78.9 Å². The molecule has 1 aromatic heterocycles. The highest BCUT2D eigenvalue weighted by Gasteiger charge is 2.04. The minimum absolute atomic E-state index is 0.0935. The zero-order valence-electron chi connectivity index (χ0n) is 15.0. The van der Waals surface area contributed by atoms with E-state index in [1.807, 2.05) is 62.4 Å². The molecule has 0 radical (unpaired) electrons. The van der Waals surface area contributed by atoms with Crippen molar-refractivity contribution in [2.75, 3.05) is 16.0 Å². The lowest BCUT2D eigenvalue weighted by molar-refractivity contribution is -0.114. The van der Waals surface area contributed by atoms with E-state index in [9.17, 15) is 4.79 Å². The Morgan fingerprint density at radius 3 is 2.04 bits per heavy atom. The number of benzene rings is 2. The van der Waals surface area contributed by atoms with Crippen molar-refractivity contribution >= 4 is 34.6 Å². The summed E-state index contributed by atoms with van der Waals surface area (Å²) in [5.74, 6) is 1.99. The number of amides is 1. The van der Waals surface area contributed by atoms with Crippen molar-refractivity contribution < 1.29 is 4.79 Å². The first kappa shape index (κ1) is 17.4. The third kappa shape index (κ3) is 4.80. The molecule has 0 aliphatic heterocycles.